The average Bonchev–Trinajstić information content (AvgIpc) is 2.89. The molecule has 0 aromatic carbocycles. The van der Waals surface area contributed by atoms with Gasteiger partial charge in [-0.25, -0.2) is 0 Å². The van der Waals surface area contributed by atoms with Crippen molar-refractivity contribution >= 4 is 26.1 Å². The molecule has 0 radical (unpaired) electrons. The van der Waals surface area contributed by atoms with Crippen LogP contribution >= 0.6 is 0 Å². The molecule has 7 heteroatoms. The summed E-state index contributed by atoms with van der Waals surface area (Å²) in [5, 5.41) is 0.220. The van der Waals surface area contributed by atoms with Gasteiger partial charge in [0.15, 0.2) is 8.32 Å². The van der Waals surface area contributed by atoms with E-state index in [0.717, 1.165) is 32.3 Å². The van der Waals surface area contributed by atoms with Crippen molar-refractivity contribution in [1.29, 1.82) is 0 Å². The molecule has 1 aliphatic carbocycles. The van der Waals surface area contributed by atoms with Crippen LogP contribution in [0.15, 0.2) is 0 Å². The second-order valence-electron chi connectivity index (χ2n) is 9.39. The Hall–Kier alpha value is -1.21. The van der Waals surface area contributed by atoms with E-state index >= 15 is 0 Å². The van der Waals surface area contributed by atoms with Gasteiger partial charge < -0.3 is 9.16 Å². The predicted octanol–water partition coefficient (Wildman–Crippen LogP) is 3.65. The first-order valence-corrected chi connectivity index (χ1v) is 13.1. The Morgan fingerprint density at radius 1 is 1.07 bits per heavy atom. The molecule has 2 amide bonds. The normalized spacial score (nSPS) is 24.4. The highest BCUT2D eigenvalue weighted by Crippen LogP contribution is 2.37. The van der Waals surface area contributed by atoms with Crippen molar-refractivity contribution in [2.45, 2.75) is 90.0 Å². The van der Waals surface area contributed by atoms with Gasteiger partial charge in [-0.2, -0.15) is 0 Å². The molecule has 1 heterocycles. The maximum Gasteiger partial charge on any atom is 0.307 e. The van der Waals surface area contributed by atoms with Crippen LogP contribution in [0.5, 0.6) is 0 Å². The summed E-state index contributed by atoms with van der Waals surface area (Å²) in [4.78, 5) is 36.3. The van der Waals surface area contributed by atoms with Gasteiger partial charge in [0, 0.05) is 26.0 Å². The molecule has 1 saturated heterocycles. The SMILES string of the molecule is CC(C)(C)[Si](C)(C)OCC1CCC(OC(=O)CCN2C(=O)CCC2=O)CC1. The number of esters is 1. The molecule has 0 aromatic rings. The van der Waals surface area contributed by atoms with Gasteiger partial charge in [-0.15, -0.1) is 0 Å². The third-order valence-electron chi connectivity index (χ3n) is 6.27. The lowest BCUT2D eigenvalue weighted by molar-refractivity contribution is -0.152. The Labute approximate surface area is 164 Å². The zero-order chi connectivity index (χ0) is 20.2. The predicted molar refractivity (Wildman–Crippen MR) is 106 cm³/mol. The first kappa shape index (κ1) is 22.1. The van der Waals surface area contributed by atoms with Gasteiger partial charge in [-0.1, -0.05) is 20.8 Å². The van der Waals surface area contributed by atoms with Crippen molar-refractivity contribution in [3.8, 4) is 0 Å². The molecule has 0 spiro atoms. The molecule has 2 fully saturated rings. The third-order valence-corrected chi connectivity index (χ3v) is 10.8. The number of amides is 2. The molecule has 1 saturated carbocycles. The molecule has 0 aromatic heterocycles. The van der Waals surface area contributed by atoms with Gasteiger partial charge in [0.2, 0.25) is 11.8 Å². The number of carbonyl (C=O) groups excluding carboxylic acids is 3. The van der Waals surface area contributed by atoms with Gasteiger partial charge in [-0.3, -0.25) is 19.3 Å². The van der Waals surface area contributed by atoms with E-state index in [9.17, 15) is 14.4 Å². The van der Waals surface area contributed by atoms with E-state index in [4.69, 9.17) is 9.16 Å². The molecule has 6 nitrogen and oxygen atoms in total. The van der Waals surface area contributed by atoms with Crippen LogP contribution in [0.25, 0.3) is 0 Å². The van der Waals surface area contributed by atoms with E-state index in [1.54, 1.807) is 0 Å². The van der Waals surface area contributed by atoms with Gasteiger partial charge in [0.1, 0.15) is 6.10 Å². The number of rotatable bonds is 7. The van der Waals surface area contributed by atoms with Gasteiger partial charge >= 0.3 is 5.97 Å². The lowest BCUT2D eigenvalue weighted by Crippen LogP contribution is -2.42. The molecule has 154 valence electrons. The average molecular weight is 398 g/mol. The zero-order valence-electron chi connectivity index (χ0n) is 17.5. The van der Waals surface area contributed by atoms with E-state index in [2.05, 4.69) is 33.9 Å². The van der Waals surface area contributed by atoms with Crippen LogP contribution < -0.4 is 0 Å². The molecular formula is C20H35NO5Si. The van der Waals surface area contributed by atoms with Crippen molar-refractivity contribution in [2.24, 2.45) is 5.92 Å². The summed E-state index contributed by atoms with van der Waals surface area (Å²) >= 11 is 0. The quantitative estimate of drug-likeness (QED) is 0.372. The molecule has 27 heavy (non-hydrogen) atoms. The lowest BCUT2D eigenvalue weighted by Gasteiger charge is -2.38. The number of nitrogens with zero attached hydrogens (tertiary/aromatic N) is 1. The summed E-state index contributed by atoms with van der Waals surface area (Å²) in [7, 11) is -1.71. The van der Waals surface area contributed by atoms with E-state index < -0.39 is 8.32 Å². The first-order chi connectivity index (χ1) is 12.5. The van der Waals surface area contributed by atoms with Crippen LogP contribution in [0.1, 0.15) is 65.7 Å². The minimum atomic E-state index is -1.71. The highest BCUT2D eigenvalue weighted by molar-refractivity contribution is 6.74. The Morgan fingerprint density at radius 2 is 1.63 bits per heavy atom. The number of likely N-dealkylation sites (tertiary alicyclic amines) is 1. The molecule has 0 bridgehead atoms. The highest BCUT2D eigenvalue weighted by atomic mass is 28.4. The van der Waals surface area contributed by atoms with Crippen molar-refractivity contribution in [1.82, 2.24) is 4.90 Å². The Bertz CT molecular complexity index is 545. The van der Waals surface area contributed by atoms with Gasteiger partial charge in [0.25, 0.3) is 0 Å². The fourth-order valence-corrected chi connectivity index (χ4v) is 4.36. The largest absolute Gasteiger partial charge is 0.462 e. The molecular weight excluding hydrogens is 362 g/mol. The number of carbonyl (C=O) groups is 3. The lowest BCUT2D eigenvalue weighted by atomic mass is 9.88. The Kier molecular flexibility index (Phi) is 7.25. The molecule has 1 aliphatic heterocycles. The third kappa shape index (κ3) is 6.14. The van der Waals surface area contributed by atoms with Crippen LogP contribution in [-0.2, 0) is 23.5 Å². The summed E-state index contributed by atoms with van der Waals surface area (Å²) in [5.74, 6) is -0.150. The van der Waals surface area contributed by atoms with Gasteiger partial charge in [0.05, 0.1) is 6.42 Å². The summed E-state index contributed by atoms with van der Waals surface area (Å²) in [5.41, 5.74) is 0. The second kappa shape index (κ2) is 8.86. The maximum atomic E-state index is 12.0. The van der Waals surface area contributed by atoms with E-state index in [1.165, 1.54) is 4.90 Å². The monoisotopic (exact) mass is 397 g/mol. The molecule has 2 aliphatic rings. The van der Waals surface area contributed by atoms with Crippen LogP contribution in [0.2, 0.25) is 18.1 Å². The van der Waals surface area contributed by atoms with E-state index in [0.29, 0.717) is 5.92 Å². The zero-order valence-corrected chi connectivity index (χ0v) is 18.5. The maximum absolute atomic E-state index is 12.0. The van der Waals surface area contributed by atoms with Crippen molar-refractivity contribution in [3.05, 3.63) is 0 Å². The summed E-state index contributed by atoms with van der Waals surface area (Å²) in [6, 6.07) is 0. The van der Waals surface area contributed by atoms with Crippen LogP contribution in [0.3, 0.4) is 0 Å². The highest BCUT2D eigenvalue weighted by Gasteiger charge is 2.38. The van der Waals surface area contributed by atoms with Crippen LogP contribution in [0.4, 0.5) is 0 Å². The fourth-order valence-electron chi connectivity index (χ4n) is 3.28. The topological polar surface area (TPSA) is 72.9 Å². The van der Waals surface area contributed by atoms with Crippen molar-refractivity contribution in [3.63, 3.8) is 0 Å². The van der Waals surface area contributed by atoms with Gasteiger partial charge in [-0.05, 0) is 49.7 Å². The summed E-state index contributed by atoms with van der Waals surface area (Å²) in [6.07, 6.45) is 4.30. The number of hydrogen-bond acceptors (Lipinski definition) is 5. The minimum Gasteiger partial charge on any atom is -0.462 e. The van der Waals surface area contributed by atoms with Crippen LogP contribution in [-0.4, -0.2) is 50.3 Å². The Morgan fingerprint density at radius 3 is 2.15 bits per heavy atom. The van der Waals surface area contributed by atoms with E-state index in [1.807, 2.05) is 0 Å². The molecule has 0 N–H and O–H groups in total. The summed E-state index contributed by atoms with van der Waals surface area (Å²) < 4.78 is 11.9. The molecule has 0 unspecified atom stereocenters. The first-order valence-electron chi connectivity index (χ1n) is 10.2. The molecule has 2 rings (SSSR count). The standard InChI is InChI=1S/C20H35NO5Si/c1-20(2,3)27(4,5)25-14-15-6-8-16(9-7-15)26-19(24)12-13-21-17(22)10-11-18(21)23/h15-16H,6-14H2,1-5H3. The minimum absolute atomic E-state index is 0.0494. The summed E-state index contributed by atoms with van der Waals surface area (Å²) in [6.45, 7) is 12.2. The van der Waals surface area contributed by atoms with Crippen LogP contribution in [0, 0.1) is 5.92 Å². The Balaban J connectivity index is 1.66. The second-order valence-corrected chi connectivity index (χ2v) is 14.2. The number of ether oxygens (including phenoxy) is 1. The van der Waals surface area contributed by atoms with Crippen molar-refractivity contribution < 1.29 is 23.5 Å². The smallest absolute Gasteiger partial charge is 0.307 e. The number of hydrogen-bond donors (Lipinski definition) is 0. The van der Waals surface area contributed by atoms with E-state index in [-0.39, 0.29) is 54.7 Å². The molecule has 0 atom stereocenters. The van der Waals surface area contributed by atoms with Crippen molar-refractivity contribution in [2.75, 3.05) is 13.2 Å². The number of imide groups is 1. The fraction of sp³-hybridized carbons (Fsp3) is 0.850.